The highest BCUT2D eigenvalue weighted by Crippen LogP contribution is 2.47. The minimum absolute atomic E-state index is 0.828. The van der Waals surface area contributed by atoms with Crippen molar-refractivity contribution in [2.75, 3.05) is 4.90 Å². The predicted molar refractivity (Wildman–Crippen MR) is 242 cm³/mol. The third-order valence-electron chi connectivity index (χ3n) is 10.8. The van der Waals surface area contributed by atoms with Gasteiger partial charge in [0.25, 0.3) is 0 Å². The van der Waals surface area contributed by atoms with E-state index in [0.29, 0.717) is 0 Å². The van der Waals surface area contributed by atoms with Crippen LogP contribution in [0, 0.1) is 6.92 Å². The second kappa shape index (κ2) is 14.0. The summed E-state index contributed by atoms with van der Waals surface area (Å²) in [5.41, 5.74) is 12.2. The largest absolute Gasteiger partial charge is 0.456 e. The van der Waals surface area contributed by atoms with Gasteiger partial charge in [-0.25, -0.2) is 0 Å². The Balaban J connectivity index is 1.23. The van der Waals surface area contributed by atoms with Crippen molar-refractivity contribution >= 4 is 76.4 Å². The van der Waals surface area contributed by atoms with Gasteiger partial charge in [0.2, 0.25) is 0 Å². The smallest absolute Gasteiger partial charge is 0.137 e. The van der Waals surface area contributed by atoms with Crippen LogP contribution < -0.4 is 4.90 Å². The monoisotopic (exact) mass is 735 g/mol. The van der Waals surface area contributed by atoms with Crippen molar-refractivity contribution in [1.82, 2.24) is 0 Å². The number of benzene rings is 8. The number of hydrogen-bond donors (Lipinski definition) is 0. The maximum Gasteiger partial charge on any atom is 0.137 e. The van der Waals surface area contributed by atoms with E-state index in [-0.39, 0.29) is 0 Å². The van der Waals surface area contributed by atoms with Crippen LogP contribution in [0.3, 0.4) is 0 Å². The molecule has 2 nitrogen and oxygen atoms in total. The van der Waals surface area contributed by atoms with E-state index in [1.807, 2.05) is 23.5 Å². The van der Waals surface area contributed by atoms with Crippen LogP contribution in [0.2, 0.25) is 0 Å². The summed E-state index contributed by atoms with van der Waals surface area (Å²) < 4.78 is 9.08. The molecular formula is C53H37NOS. The van der Waals surface area contributed by atoms with E-state index in [0.717, 1.165) is 44.9 Å². The van der Waals surface area contributed by atoms with Crippen molar-refractivity contribution in [3.63, 3.8) is 0 Å². The van der Waals surface area contributed by atoms with E-state index in [1.54, 1.807) is 6.08 Å². The molecule has 0 unspecified atom stereocenters. The minimum atomic E-state index is 0.828. The fraction of sp³-hybridized carbons (Fsp3) is 0.0189. The third kappa shape index (κ3) is 5.81. The van der Waals surface area contributed by atoms with Crippen LogP contribution in [0.1, 0.15) is 11.3 Å². The van der Waals surface area contributed by atoms with E-state index in [2.05, 4.69) is 194 Å². The summed E-state index contributed by atoms with van der Waals surface area (Å²) in [4.78, 5) is 2.40. The minimum Gasteiger partial charge on any atom is -0.456 e. The third-order valence-corrected chi connectivity index (χ3v) is 12.0. The molecule has 10 rings (SSSR count). The number of allylic oxidation sites excluding steroid dienone is 2. The quantitative estimate of drug-likeness (QED) is 0.145. The first kappa shape index (κ1) is 33.6. The zero-order chi connectivity index (χ0) is 37.6. The molecule has 8 aromatic carbocycles. The molecule has 2 aromatic heterocycles. The summed E-state index contributed by atoms with van der Waals surface area (Å²) in [5, 5.41) is 6.14. The lowest BCUT2D eigenvalue weighted by Gasteiger charge is -2.28. The van der Waals surface area contributed by atoms with Gasteiger partial charge in [-0.1, -0.05) is 146 Å². The van der Waals surface area contributed by atoms with Gasteiger partial charge in [0, 0.05) is 42.5 Å². The molecule has 0 spiro atoms. The fourth-order valence-electron chi connectivity index (χ4n) is 8.16. The molecule has 0 fully saturated rings. The number of anilines is 3. The summed E-state index contributed by atoms with van der Waals surface area (Å²) in [6, 6.07) is 63.7. The SMILES string of the molecule is C=C/C=C\c1oc2cccc(N(c3ccc(-c4cccc5ccccc45)cc3)c3cc(-c4ccccc4)cc(-c4cccc5c4sc4ccccc45)c3)c2c1C. The Morgan fingerprint density at radius 3 is 2.11 bits per heavy atom. The first-order chi connectivity index (χ1) is 27.6. The fourth-order valence-corrected chi connectivity index (χ4v) is 9.40. The van der Waals surface area contributed by atoms with Gasteiger partial charge in [0.15, 0.2) is 0 Å². The van der Waals surface area contributed by atoms with Crippen molar-refractivity contribution in [3.8, 4) is 33.4 Å². The topological polar surface area (TPSA) is 16.4 Å². The highest BCUT2D eigenvalue weighted by molar-refractivity contribution is 7.26. The van der Waals surface area contributed by atoms with Gasteiger partial charge in [0.05, 0.1) is 5.69 Å². The maximum absolute atomic E-state index is 6.48. The lowest BCUT2D eigenvalue weighted by molar-refractivity contribution is 0.601. The Morgan fingerprint density at radius 2 is 1.25 bits per heavy atom. The number of fused-ring (bicyclic) bond motifs is 5. The average molecular weight is 736 g/mol. The van der Waals surface area contributed by atoms with Crippen molar-refractivity contribution in [1.29, 1.82) is 0 Å². The Morgan fingerprint density at radius 1 is 0.554 bits per heavy atom. The summed E-state index contributed by atoms with van der Waals surface area (Å²) in [6.45, 7) is 6.04. The molecule has 0 aliphatic carbocycles. The van der Waals surface area contributed by atoms with Gasteiger partial charge < -0.3 is 9.32 Å². The van der Waals surface area contributed by atoms with Gasteiger partial charge in [-0.15, -0.1) is 11.3 Å². The van der Waals surface area contributed by atoms with E-state index in [9.17, 15) is 0 Å². The van der Waals surface area contributed by atoms with Crippen LogP contribution in [0.15, 0.2) is 199 Å². The molecule has 0 amide bonds. The molecule has 266 valence electrons. The molecule has 0 bridgehead atoms. The standard InChI is InChI=1S/C53H37NOS/c1-3-4-25-49-35(2)52-48(24-14-26-50(52)55-49)54(41-30-28-38(29-31-41)44-21-12-18-37-17-8-9-19-43(37)44)42-33-39(36-15-6-5-7-16-36)32-40(34-42)45-22-13-23-47-46-20-10-11-27-51(46)56-53(45)47/h3-34H,1H2,2H3/b25-4-. The summed E-state index contributed by atoms with van der Waals surface area (Å²) >= 11 is 1.87. The first-order valence-corrected chi connectivity index (χ1v) is 19.8. The predicted octanol–water partition coefficient (Wildman–Crippen LogP) is 15.9. The van der Waals surface area contributed by atoms with Gasteiger partial charge >= 0.3 is 0 Å². The van der Waals surface area contributed by atoms with E-state index >= 15 is 0 Å². The average Bonchev–Trinajstić information content (AvgIpc) is 3.80. The molecule has 56 heavy (non-hydrogen) atoms. The van der Waals surface area contributed by atoms with Gasteiger partial charge in [-0.05, 0) is 106 Å². The first-order valence-electron chi connectivity index (χ1n) is 19.0. The number of furan rings is 1. The lowest BCUT2D eigenvalue weighted by Crippen LogP contribution is -2.11. The molecule has 0 N–H and O–H groups in total. The normalized spacial score (nSPS) is 11.7. The Kier molecular flexibility index (Phi) is 8.43. The van der Waals surface area contributed by atoms with Crippen LogP contribution in [0.4, 0.5) is 17.1 Å². The van der Waals surface area contributed by atoms with E-state index in [4.69, 9.17) is 4.42 Å². The second-order valence-corrected chi connectivity index (χ2v) is 15.2. The number of rotatable bonds is 8. The second-order valence-electron chi connectivity index (χ2n) is 14.2. The van der Waals surface area contributed by atoms with E-state index < -0.39 is 0 Å². The number of thiophene rings is 1. The van der Waals surface area contributed by atoms with E-state index in [1.165, 1.54) is 58.8 Å². The zero-order valence-corrected chi connectivity index (χ0v) is 31.8. The molecule has 0 atom stereocenters. The van der Waals surface area contributed by atoms with Crippen LogP contribution in [-0.4, -0.2) is 0 Å². The van der Waals surface area contributed by atoms with Crippen molar-refractivity contribution in [3.05, 3.63) is 206 Å². The summed E-state index contributed by atoms with van der Waals surface area (Å²) in [7, 11) is 0. The van der Waals surface area contributed by atoms with Gasteiger partial charge in [-0.2, -0.15) is 0 Å². The Labute approximate surface area is 330 Å². The molecule has 2 heterocycles. The molecule has 10 aromatic rings. The molecule has 0 saturated heterocycles. The number of aryl methyl sites for hydroxylation is 1. The lowest BCUT2D eigenvalue weighted by atomic mass is 9.95. The molecule has 3 heteroatoms. The Hall–Kier alpha value is -6.94. The molecule has 0 radical (unpaired) electrons. The molecule has 0 aliphatic rings. The van der Waals surface area contributed by atoms with Crippen molar-refractivity contribution < 1.29 is 4.42 Å². The summed E-state index contributed by atoms with van der Waals surface area (Å²) in [5.74, 6) is 0.828. The van der Waals surface area contributed by atoms with Crippen LogP contribution >= 0.6 is 11.3 Å². The molecular weight excluding hydrogens is 699 g/mol. The maximum atomic E-state index is 6.48. The van der Waals surface area contributed by atoms with Crippen LogP contribution in [-0.2, 0) is 0 Å². The highest BCUT2D eigenvalue weighted by atomic mass is 32.1. The summed E-state index contributed by atoms with van der Waals surface area (Å²) in [6.07, 6.45) is 5.71. The van der Waals surface area contributed by atoms with Crippen molar-refractivity contribution in [2.24, 2.45) is 0 Å². The number of hydrogen-bond acceptors (Lipinski definition) is 3. The Bertz CT molecular complexity index is 3100. The molecule has 0 aliphatic heterocycles. The van der Waals surface area contributed by atoms with Crippen LogP contribution in [0.5, 0.6) is 0 Å². The van der Waals surface area contributed by atoms with Crippen LogP contribution in [0.25, 0.3) is 81.4 Å². The highest BCUT2D eigenvalue weighted by Gasteiger charge is 2.22. The van der Waals surface area contributed by atoms with Gasteiger partial charge in [0.1, 0.15) is 11.3 Å². The van der Waals surface area contributed by atoms with Crippen molar-refractivity contribution in [2.45, 2.75) is 6.92 Å². The number of nitrogens with zero attached hydrogens (tertiary/aromatic N) is 1. The zero-order valence-electron chi connectivity index (χ0n) is 30.9. The molecule has 0 saturated carbocycles. The van der Waals surface area contributed by atoms with Gasteiger partial charge in [-0.3, -0.25) is 0 Å².